The fourth-order valence-corrected chi connectivity index (χ4v) is 5.06. The van der Waals surface area contributed by atoms with Crippen LogP contribution in [0, 0.1) is 6.92 Å². The lowest BCUT2D eigenvalue weighted by Crippen LogP contribution is -2.64. The zero-order valence-corrected chi connectivity index (χ0v) is 21.2. The second-order valence-electron chi connectivity index (χ2n) is 10.3. The monoisotopic (exact) mass is 467 g/mol. The molecule has 0 amide bonds. The number of ether oxygens (including phenoxy) is 3. The van der Waals surface area contributed by atoms with Crippen LogP contribution in [0.1, 0.15) is 63.4 Å². The summed E-state index contributed by atoms with van der Waals surface area (Å²) in [5.74, 6) is 0.153. The number of piperidine rings is 1. The third-order valence-electron chi connectivity index (χ3n) is 6.44. The molecule has 0 radical (unpaired) electrons. The first kappa shape index (κ1) is 25.8. The quantitative estimate of drug-likeness (QED) is 0.498. The summed E-state index contributed by atoms with van der Waals surface area (Å²) in [5, 5.41) is 0. The Kier molecular flexibility index (Phi) is 8.03. The molecule has 0 aliphatic carbocycles. The third kappa shape index (κ3) is 6.60. The molecular formula is C28H37NO5. The van der Waals surface area contributed by atoms with Gasteiger partial charge in [0, 0.05) is 37.4 Å². The van der Waals surface area contributed by atoms with E-state index in [1.807, 2.05) is 49.4 Å². The molecule has 2 aromatic carbocycles. The number of aryl methyl sites for hydroxylation is 1. The Morgan fingerprint density at radius 1 is 0.971 bits per heavy atom. The van der Waals surface area contributed by atoms with Crippen LogP contribution in [0.3, 0.4) is 0 Å². The van der Waals surface area contributed by atoms with Crippen molar-refractivity contribution in [2.24, 2.45) is 0 Å². The van der Waals surface area contributed by atoms with Crippen LogP contribution in [0.2, 0.25) is 0 Å². The average molecular weight is 468 g/mol. The summed E-state index contributed by atoms with van der Waals surface area (Å²) in [6, 6.07) is 16.9. The van der Waals surface area contributed by atoms with Crippen LogP contribution in [0.5, 0.6) is 5.75 Å². The van der Waals surface area contributed by atoms with Gasteiger partial charge >= 0.3 is 11.9 Å². The molecule has 1 saturated heterocycles. The van der Waals surface area contributed by atoms with E-state index in [4.69, 9.17) is 14.2 Å². The molecule has 34 heavy (non-hydrogen) atoms. The molecule has 1 fully saturated rings. The molecule has 1 unspecified atom stereocenters. The number of esters is 2. The highest BCUT2D eigenvalue weighted by molar-refractivity contribution is 5.89. The fourth-order valence-electron chi connectivity index (χ4n) is 5.06. The largest absolute Gasteiger partial charge is 0.489 e. The lowest BCUT2D eigenvalue weighted by Gasteiger charge is -2.55. The molecule has 3 rings (SSSR count). The van der Waals surface area contributed by atoms with Gasteiger partial charge in [-0.2, -0.15) is 0 Å². The molecule has 6 nitrogen and oxygen atoms in total. The molecule has 184 valence electrons. The van der Waals surface area contributed by atoms with Crippen molar-refractivity contribution in [3.63, 3.8) is 0 Å². The van der Waals surface area contributed by atoms with Crippen LogP contribution < -0.4 is 4.74 Å². The first-order valence-electron chi connectivity index (χ1n) is 11.9. The van der Waals surface area contributed by atoms with E-state index >= 15 is 0 Å². The summed E-state index contributed by atoms with van der Waals surface area (Å²) < 4.78 is 17.6. The van der Waals surface area contributed by atoms with Crippen molar-refractivity contribution in [3.8, 4) is 5.75 Å². The van der Waals surface area contributed by atoms with Gasteiger partial charge in [-0.05, 0) is 58.4 Å². The van der Waals surface area contributed by atoms with Crippen LogP contribution in [0.4, 0.5) is 0 Å². The number of hydrogen-bond donors (Lipinski definition) is 0. The Bertz CT molecular complexity index is 967. The second kappa shape index (κ2) is 10.6. The molecule has 0 N–H and O–H groups in total. The molecule has 0 bridgehead atoms. The van der Waals surface area contributed by atoms with Crippen molar-refractivity contribution in [3.05, 3.63) is 65.7 Å². The van der Waals surface area contributed by atoms with Gasteiger partial charge in [-0.1, -0.05) is 36.4 Å². The molecule has 2 aromatic rings. The fraction of sp³-hybridized carbons (Fsp3) is 0.500. The van der Waals surface area contributed by atoms with Crippen LogP contribution in [-0.2, 0) is 14.3 Å². The van der Waals surface area contributed by atoms with E-state index < -0.39 is 6.10 Å². The number of hydrogen-bond acceptors (Lipinski definition) is 6. The minimum atomic E-state index is -0.431. The highest BCUT2D eigenvalue weighted by Gasteiger charge is 2.47. The first-order chi connectivity index (χ1) is 16.0. The summed E-state index contributed by atoms with van der Waals surface area (Å²) in [4.78, 5) is 26.9. The van der Waals surface area contributed by atoms with Crippen LogP contribution in [-0.4, -0.2) is 53.3 Å². The van der Waals surface area contributed by atoms with Gasteiger partial charge in [-0.3, -0.25) is 9.69 Å². The van der Waals surface area contributed by atoms with Gasteiger partial charge in [0.25, 0.3) is 0 Å². The molecule has 6 heteroatoms. The van der Waals surface area contributed by atoms with Crippen LogP contribution in [0.15, 0.2) is 54.6 Å². The standard InChI is InChI=1S/C28H37NO5/c1-20-12-10-11-15-25(20)32-19-24(33-21(2)30)18-29-27(3,4)16-23(17-28(29,5)6)34-26(31)22-13-8-7-9-14-22/h7-15,23-24H,16-19H2,1-6H3. The maximum absolute atomic E-state index is 12.7. The maximum Gasteiger partial charge on any atom is 0.338 e. The summed E-state index contributed by atoms with van der Waals surface area (Å²) in [6.07, 6.45) is 0.726. The molecule has 1 atom stereocenters. The number of likely N-dealkylation sites (tertiary alicyclic amines) is 1. The van der Waals surface area contributed by atoms with Crippen LogP contribution in [0.25, 0.3) is 0 Å². The predicted octanol–water partition coefficient (Wildman–Crippen LogP) is 5.18. The lowest BCUT2D eigenvalue weighted by atomic mass is 9.77. The summed E-state index contributed by atoms with van der Waals surface area (Å²) >= 11 is 0. The zero-order chi connectivity index (χ0) is 24.9. The Hall–Kier alpha value is -2.86. The van der Waals surface area contributed by atoms with Crippen molar-refractivity contribution in [1.29, 1.82) is 0 Å². The van der Waals surface area contributed by atoms with Gasteiger partial charge < -0.3 is 14.2 Å². The number of rotatable bonds is 8. The summed E-state index contributed by atoms with van der Waals surface area (Å²) in [7, 11) is 0. The van der Waals surface area contributed by atoms with E-state index in [-0.39, 0.29) is 35.7 Å². The van der Waals surface area contributed by atoms with Gasteiger partial charge in [0.05, 0.1) is 5.56 Å². The number of carbonyl (C=O) groups excluding carboxylic acids is 2. The van der Waals surface area contributed by atoms with Crippen molar-refractivity contribution < 1.29 is 23.8 Å². The minimum absolute atomic E-state index is 0.204. The van der Waals surface area contributed by atoms with Gasteiger partial charge in [0.1, 0.15) is 24.6 Å². The van der Waals surface area contributed by atoms with E-state index in [1.165, 1.54) is 6.92 Å². The summed E-state index contributed by atoms with van der Waals surface area (Å²) in [6.45, 7) is 12.8. The molecule has 1 aliphatic heterocycles. The van der Waals surface area contributed by atoms with E-state index in [0.717, 1.165) is 11.3 Å². The Morgan fingerprint density at radius 3 is 2.15 bits per heavy atom. The van der Waals surface area contributed by atoms with E-state index in [2.05, 4.69) is 32.6 Å². The Labute approximate surface area is 203 Å². The smallest absolute Gasteiger partial charge is 0.338 e. The topological polar surface area (TPSA) is 65.1 Å². The number of para-hydroxylation sites is 1. The van der Waals surface area contributed by atoms with Gasteiger partial charge in [0.15, 0.2) is 0 Å². The number of carbonyl (C=O) groups is 2. The predicted molar refractivity (Wildman–Crippen MR) is 132 cm³/mol. The highest BCUT2D eigenvalue weighted by atomic mass is 16.6. The Morgan fingerprint density at radius 2 is 1.56 bits per heavy atom. The molecule has 1 aliphatic rings. The first-order valence-corrected chi connectivity index (χ1v) is 11.9. The van der Waals surface area contributed by atoms with Crippen molar-refractivity contribution in [1.82, 2.24) is 4.90 Å². The van der Waals surface area contributed by atoms with Gasteiger partial charge in [0.2, 0.25) is 0 Å². The van der Waals surface area contributed by atoms with Gasteiger partial charge in [-0.25, -0.2) is 4.79 Å². The molecule has 0 aromatic heterocycles. The van der Waals surface area contributed by atoms with E-state index in [9.17, 15) is 9.59 Å². The summed E-state index contributed by atoms with van der Waals surface area (Å²) in [5.41, 5.74) is 1.02. The Balaban J connectivity index is 1.70. The molecule has 1 heterocycles. The lowest BCUT2D eigenvalue weighted by molar-refractivity contribution is -0.155. The van der Waals surface area contributed by atoms with Crippen molar-refractivity contribution in [2.75, 3.05) is 13.2 Å². The maximum atomic E-state index is 12.7. The average Bonchev–Trinajstić information content (AvgIpc) is 2.75. The normalized spacial score (nSPS) is 18.6. The van der Waals surface area contributed by atoms with Crippen LogP contribution >= 0.6 is 0 Å². The molecule has 0 saturated carbocycles. The molecular weight excluding hydrogens is 430 g/mol. The highest BCUT2D eigenvalue weighted by Crippen LogP contribution is 2.40. The number of benzene rings is 2. The minimum Gasteiger partial charge on any atom is -0.489 e. The van der Waals surface area contributed by atoms with Crippen molar-refractivity contribution in [2.45, 2.75) is 77.7 Å². The zero-order valence-electron chi connectivity index (χ0n) is 21.2. The molecule has 0 spiro atoms. The third-order valence-corrected chi connectivity index (χ3v) is 6.44. The SMILES string of the molecule is CC(=O)OC(COc1ccccc1C)CN1C(C)(C)CC(OC(=O)c2ccccc2)CC1(C)C. The van der Waals surface area contributed by atoms with Crippen molar-refractivity contribution >= 4 is 11.9 Å². The van der Waals surface area contributed by atoms with E-state index in [1.54, 1.807) is 12.1 Å². The number of nitrogens with zero attached hydrogens (tertiary/aromatic N) is 1. The van der Waals surface area contributed by atoms with Gasteiger partial charge in [-0.15, -0.1) is 0 Å². The van der Waals surface area contributed by atoms with E-state index in [0.29, 0.717) is 24.9 Å². The second-order valence-corrected chi connectivity index (χ2v) is 10.3.